The van der Waals surface area contributed by atoms with E-state index in [1.54, 1.807) is 16.9 Å². The van der Waals surface area contributed by atoms with Gasteiger partial charge in [0.15, 0.2) is 4.87 Å². The number of fused-ring (bicyclic) bond motifs is 3. The number of nitrogens with one attached hydrogen (secondary N) is 2. The molecule has 2 N–H and O–H groups in total. The van der Waals surface area contributed by atoms with Crippen molar-refractivity contribution in [3.63, 3.8) is 0 Å². The maximum atomic E-state index is 13.3. The summed E-state index contributed by atoms with van der Waals surface area (Å²) in [5, 5.41) is 6.92. The number of amides is 2. The van der Waals surface area contributed by atoms with Crippen molar-refractivity contribution in [2.24, 2.45) is 0 Å². The van der Waals surface area contributed by atoms with Gasteiger partial charge in [0.1, 0.15) is 5.56 Å². The van der Waals surface area contributed by atoms with Gasteiger partial charge in [-0.3, -0.25) is 14.4 Å². The third-order valence-corrected chi connectivity index (χ3v) is 8.05. The first-order chi connectivity index (χ1) is 19.3. The summed E-state index contributed by atoms with van der Waals surface area (Å²) in [6.45, 7) is 1.65. The van der Waals surface area contributed by atoms with Gasteiger partial charge >= 0.3 is 12.4 Å². The molecule has 0 unspecified atom stereocenters. The number of piperazine rings is 1. The standard InChI is InChI=1S/C24H28F6N6O4SSi/c1-21(42,32-14-10-31-33-19(38)18(14)24(28,29)30)12-40-8-5-17(37)35-6-7-36-15-4-3-13(23(25,26)27)9-16(15)34(2)20(39)22(36,41)11-35/h3-4,9-10,41H,5-8,11-12H2,1-2,42H3,(H2,32,33,38)/t21-,22-/m0/s1. The smallest absolute Gasteiger partial charge is 0.379 e. The van der Waals surface area contributed by atoms with Crippen molar-refractivity contribution < 1.29 is 40.7 Å². The molecule has 2 aromatic rings. The van der Waals surface area contributed by atoms with Crippen LogP contribution in [0.3, 0.4) is 0 Å². The molecule has 42 heavy (non-hydrogen) atoms. The minimum atomic E-state index is -4.90. The van der Waals surface area contributed by atoms with E-state index in [0.29, 0.717) is 15.9 Å². The number of H-pyrrole nitrogens is 1. The van der Waals surface area contributed by atoms with Crippen LogP contribution in [-0.2, 0) is 26.7 Å². The van der Waals surface area contributed by atoms with Crippen molar-refractivity contribution in [2.45, 2.75) is 35.7 Å². The van der Waals surface area contributed by atoms with Gasteiger partial charge < -0.3 is 24.8 Å². The lowest BCUT2D eigenvalue weighted by Crippen LogP contribution is -2.69. The van der Waals surface area contributed by atoms with E-state index in [1.807, 2.05) is 0 Å². The van der Waals surface area contributed by atoms with Crippen molar-refractivity contribution in [3.8, 4) is 0 Å². The van der Waals surface area contributed by atoms with E-state index in [9.17, 15) is 40.7 Å². The molecule has 0 spiro atoms. The zero-order valence-corrected chi connectivity index (χ0v) is 25.6. The number of nitrogens with zero attached hydrogens (tertiary/aromatic N) is 4. The Kier molecular flexibility index (Phi) is 8.38. The van der Waals surface area contributed by atoms with Gasteiger partial charge in [0.25, 0.3) is 11.5 Å². The summed E-state index contributed by atoms with van der Waals surface area (Å²) < 4.78 is 85.4. The van der Waals surface area contributed by atoms with Crippen LogP contribution in [0, 0.1) is 0 Å². The van der Waals surface area contributed by atoms with E-state index >= 15 is 0 Å². The molecule has 0 bridgehead atoms. The highest BCUT2D eigenvalue weighted by atomic mass is 32.1. The molecule has 0 aliphatic carbocycles. The molecule has 2 aliphatic heterocycles. The highest BCUT2D eigenvalue weighted by molar-refractivity contribution is 7.83. The maximum absolute atomic E-state index is 13.3. The summed E-state index contributed by atoms with van der Waals surface area (Å²) in [7, 11) is 1.65. The Labute approximate surface area is 244 Å². The molecular formula is C24H28F6N6O4SSi. The van der Waals surface area contributed by atoms with Crippen molar-refractivity contribution in [1.29, 1.82) is 0 Å². The summed E-state index contributed by atoms with van der Waals surface area (Å²) in [5.74, 6) is -0.949. The van der Waals surface area contributed by atoms with Gasteiger partial charge in [-0.1, -0.05) is 0 Å². The van der Waals surface area contributed by atoms with Gasteiger partial charge in [0.05, 0.1) is 55.0 Å². The van der Waals surface area contributed by atoms with Crippen LogP contribution in [0.25, 0.3) is 0 Å². The second-order valence-corrected chi connectivity index (χ2v) is 13.6. The van der Waals surface area contributed by atoms with Gasteiger partial charge in [-0.05, 0) is 25.1 Å². The van der Waals surface area contributed by atoms with Crippen LogP contribution >= 0.6 is 12.6 Å². The minimum absolute atomic E-state index is 0.0686. The number of rotatable bonds is 7. The Bertz CT molecular complexity index is 1440. The van der Waals surface area contributed by atoms with Crippen molar-refractivity contribution >= 4 is 51.7 Å². The Morgan fingerprint density at radius 2 is 1.86 bits per heavy atom. The molecule has 0 saturated carbocycles. The normalized spacial score (nSPS) is 20.7. The molecule has 4 rings (SSSR count). The number of thiol groups is 1. The largest absolute Gasteiger partial charge is 0.423 e. The first-order valence-electron chi connectivity index (χ1n) is 12.6. The van der Waals surface area contributed by atoms with E-state index in [-0.39, 0.29) is 50.9 Å². The molecule has 1 saturated heterocycles. The van der Waals surface area contributed by atoms with Crippen LogP contribution in [0.1, 0.15) is 24.5 Å². The number of carbonyl (C=O) groups excluding carboxylic acids is 2. The zero-order valence-electron chi connectivity index (χ0n) is 22.7. The number of aromatic nitrogens is 2. The summed E-state index contributed by atoms with van der Waals surface area (Å²) in [6, 6.07) is 3.13. The molecule has 2 aliphatic rings. The average molecular weight is 639 g/mol. The molecule has 0 radical (unpaired) electrons. The fourth-order valence-corrected chi connectivity index (χ4v) is 5.95. The first kappa shape index (κ1) is 31.7. The van der Waals surface area contributed by atoms with E-state index < -0.39 is 50.7 Å². The van der Waals surface area contributed by atoms with Crippen LogP contribution in [0.5, 0.6) is 0 Å². The number of benzene rings is 1. The number of anilines is 3. The topological polar surface area (TPSA) is 111 Å². The highest BCUT2D eigenvalue weighted by Gasteiger charge is 2.52. The fourth-order valence-electron chi connectivity index (χ4n) is 4.95. The van der Waals surface area contributed by atoms with Gasteiger partial charge in [-0.15, -0.1) is 12.6 Å². The number of hydrogen-bond acceptors (Lipinski definition) is 8. The summed E-state index contributed by atoms with van der Waals surface area (Å²) in [4.78, 5) is 40.5. The van der Waals surface area contributed by atoms with Gasteiger partial charge in [-0.25, -0.2) is 5.10 Å². The first-order valence-corrected chi connectivity index (χ1v) is 14.1. The van der Waals surface area contributed by atoms with Crippen LogP contribution < -0.4 is 20.7 Å². The maximum Gasteiger partial charge on any atom is 0.423 e. The molecule has 2 amide bonds. The Morgan fingerprint density at radius 1 is 1.17 bits per heavy atom. The van der Waals surface area contributed by atoms with E-state index in [2.05, 4.69) is 23.0 Å². The molecule has 1 aromatic carbocycles. The third-order valence-electron chi connectivity index (χ3n) is 6.94. The Balaban J connectivity index is 1.36. The van der Waals surface area contributed by atoms with E-state index in [1.165, 1.54) is 18.0 Å². The zero-order chi connectivity index (χ0) is 31.3. The Morgan fingerprint density at radius 3 is 2.50 bits per heavy atom. The lowest BCUT2D eigenvalue weighted by molar-refractivity contribution is -0.138. The molecular weight excluding hydrogens is 610 g/mol. The van der Waals surface area contributed by atoms with Gasteiger partial charge in [0.2, 0.25) is 5.91 Å². The molecule has 10 nitrogen and oxygen atoms in total. The van der Waals surface area contributed by atoms with Gasteiger partial charge in [-0.2, -0.15) is 31.4 Å². The molecule has 1 fully saturated rings. The lowest BCUT2D eigenvalue weighted by Gasteiger charge is -2.53. The van der Waals surface area contributed by atoms with Crippen LogP contribution in [0.2, 0.25) is 0 Å². The monoisotopic (exact) mass is 638 g/mol. The number of ether oxygens (including phenoxy) is 1. The second-order valence-electron chi connectivity index (χ2n) is 10.6. The average Bonchev–Trinajstić information content (AvgIpc) is 2.87. The number of alkyl halides is 6. The summed E-state index contributed by atoms with van der Waals surface area (Å²) >= 11 is 4.60. The molecule has 1 aromatic heterocycles. The number of halogens is 6. The van der Waals surface area contributed by atoms with Crippen molar-refractivity contribution in [3.05, 3.63) is 45.9 Å². The number of carbonyl (C=O) groups is 2. The molecule has 2 atom stereocenters. The molecule has 3 heterocycles. The van der Waals surface area contributed by atoms with Crippen molar-refractivity contribution in [1.82, 2.24) is 15.1 Å². The number of hydrogen-bond donors (Lipinski definition) is 3. The summed E-state index contributed by atoms with van der Waals surface area (Å²) in [6.07, 6.45) is -8.72. The lowest BCUT2D eigenvalue weighted by atomic mass is 10.0. The third kappa shape index (κ3) is 6.24. The quantitative estimate of drug-likeness (QED) is 0.183. The second kappa shape index (κ2) is 11.1. The predicted molar refractivity (Wildman–Crippen MR) is 148 cm³/mol. The number of aromatic amines is 1. The van der Waals surface area contributed by atoms with Crippen LogP contribution in [-0.4, -0.2) is 87.1 Å². The minimum Gasteiger partial charge on any atom is -0.379 e. The SMILES string of the molecule is CN1C(=O)[C@@]2(S)CN(C(=O)CCOC[C@](C)([SiH3])Nc3cn[nH]c(=O)c3C(F)(F)F)CCN2c2ccc(C(F)(F)F)cc21. The Hall–Kier alpha value is -3.25. The highest BCUT2D eigenvalue weighted by Crippen LogP contribution is 2.45. The summed E-state index contributed by atoms with van der Waals surface area (Å²) in [5.41, 5.74) is -3.68. The fraction of sp³-hybridized carbons (Fsp3) is 0.500. The van der Waals surface area contributed by atoms with E-state index in [0.717, 1.165) is 23.2 Å². The van der Waals surface area contributed by atoms with E-state index in [4.69, 9.17) is 4.74 Å². The van der Waals surface area contributed by atoms with Crippen LogP contribution in [0.15, 0.2) is 29.2 Å². The van der Waals surface area contributed by atoms with Crippen LogP contribution in [0.4, 0.5) is 43.4 Å². The number of likely N-dealkylation sites (N-methyl/N-ethyl adjacent to an activating group) is 1. The predicted octanol–water partition coefficient (Wildman–Crippen LogP) is 1.66. The molecule has 230 valence electrons. The molecule has 18 heteroatoms. The van der Waals surface area contributed by atoms with Crippen molar-refractivity contribution in [2.75, 3.05) is 55.0 Å². The van der Waals surface area contributed by atoms with Gasteiger partial charge in [0, 0.05) is 35.5 Å².